The molecule has 25 heavy (non-hydrogen) atoms. The Bertz CT molecular complexity index is 719. The van der Waals surface area contributed by atoms with Crippen molar-refractivity contribution in [1.29, 1.82) is 0 Å². The zero-order valence-corrected chi connectivity index (χ0v) is 14.1. The zero-order chi connectivity index (χ0) is 17.7. The van der Waals surface area contributed by atoms with Crippen molar-refractivity contribution in [2.45, 2.75) is 31.1 Å². The number of carbonyl (C=O) groups excluding carboxylic acids is 2. The monoisotopic (exact) mass is 343 g/mol. The first-order valence-corrected chi connectivity index (χ1v) is 8.27. The minimum Gasteiger partial charge on any atom is -0.497 e. The number of ether oxygens (including phenoxy) is 1. The van der Waals surface area contributed by atoms with Crippen molar-refractivity contribution in [3.63, 3.8) is 0 Å². The highest BCUT2D eigenvalue weighted by atomic mass is 16.5. The van der Waals surface area contributed by atoms with Crippen LogP contribution >= 0.6 is 0 Å². The van der Waals surface area contributed by atoms with E-state index in [1.807, 2.05) is 24.3 Å². The average Bonchev–Trinajstić information content (AvgIpc) is 3.32. The fraction of sp³-hybridized carbons (Fsp3) is 0.389. The molecular formula is C18H21N3O4. The number of benzene rings is 1. The van der Waals surface area contributed by atoms with Crippen molar-refractivity contribution in [1.82, 2.24) is 10.5 Å². The maximum absolute atomic E-state index is 12.1. The highest BCUT2D eigenvalue weighted by Gasteiger charge is 2.36. The molecule has 3 rings (SSSR count). The van der Waals surface area contributed by atoms with Gasteiger partial charge in [0.2, 0.25) is 0 Å². The first-order valence-electron chi connectivity index (χ1n) is 8.27. The molecule has 1 aromatic heterocycles. The number of nitrogens with zero attached hydrogens (tertiary/aromatic N) is 1. The highest BCUT2D eigenvalue weighted by Crippen LogP contribution is 2.41. The van der Waals surface area contributed by atoms with Crippen LogP contribution in [0, 0.1) is 0 Å². The molecule has 132 valence electrons. The lowest BCUT2D eigenvalue weighted by Crippen LogP contribution is -2.43. The van der Waals surface area contributed by atoms with Crippen molar-refractivity contribution in [3.05, 3.63) is 42.2 Å². The fourth-order valence-electron chi connectivity index (χ4n) is 3.34. The van der Waals surface area contributed by atoms with E-state index in [4.69, 9.17) is 4.74 Å². The number of hydrogen-bond donors (Lipinski definition) is 2. The standard InChI is InChI=1S/C18H21N3O4/c1-24-14-6-4-13(5-7-14)18(9-2-3-10-18)12-19-16(22)17(23)20-15-8-11-25-21-15/h4-8,11H,2-3,9-10,12H2,1H3,(H,19,22)(H,20,21,23). The lowest BCUT2D eigenvalue weighted by Gasteiger charge is -2.30. The van der Waals surface area contributed by atoms with Crippen LogP contribution in [0.5, 0.6) is 5.75 Å². The number of methoxy groups -OCH3 is 1. The van der Waals surface area contributed by atoms with E-state index in [1.165, 1.54) is 12.3 Å². The summed E-state index contributed by atoms with van der Waals surface area (Å²) in [7, 11) is 1.63. The average molecular weight is 343 g/mol. The Balaban J connectivity index is 1.65. The van der Waals surface area contributed by atoms with Crippen LogP contribution < -0.4 is 15.4 Å². The number of nitrogens with one attached hydrogen (secondary N) is 2. The van der Waals surface area contributed by atoms with E-state index in [0.29, 0.717) is 6.54 Å². The number of rotatable bonds is 5. The van der Waals surface area contributed by atoms with Gasteiger partial charge in [0, 0.05) is 18.0 Å². The Morgan fingerprint density at radius 1 is 1.16 bits per heavy atom. The third-order valence-corrected chi connectivity index (χ3v) is 4.74. The van der Waals surface area contributed by atoms with Gasteiger partial charge in [-0.05, 0) is 30.5 Å². The second-order valence-corrected chi connectivity index (χ2v) is 6.24. The summed E-state index contributed by atoms with van der Waals surface area (Å²) < 4.78 is 9.83. The summed E-state index contributed by atoms with van der Waals surface area (Å²) in [6, 6.07) is 9.39. The minimum absolute atomic E-state index is 0.143. The predicted molar refractivity (Wildman–Crippen MR) is 91.3 cm³/mol. The Morgan fingerprint density at radius 3 is 2.48 bits per heavy atom. The smallest absolute Gasteiger partial charge is 0.314 e. The number of anilines is 1. The number of carbonyl (C=O) groups is 2. The van der Waals surface area contributed by atoms with Crippen LogP contribution in [0.3, 0.4) is 0 Å². The summed E-state index contributed by atoms with van der Waals surface area (Å²) in [4.78, 5) is 24.0. The molecule has 0 aliphatic heterocycles. The quantitative estimate of drug-likeness (QED) is 0.812. The van der Waals surface area contributed by atoms with Crippen LogP contribution in [0.4, 0.5) is 5.82 Å². The summed E-state index contributed by atoms with van der Waals surface area (Å²) in [6.07, 6.45) is 5.49. The molecule has 0 radical (unpaired) electrons. The van der Waals surface area contributed by atoms with Gasteiger partial charge in [-0.15, -0.1) is 0 Å². The maximum atomic E-state index is 12.1. The molecular weight excluding hydrogens is 322 g/mol. The van der Waals surface area contributed by atoms with Gasteiger partial charge < -0.3 is 14.6 Å². The fourth-order valence-corrected chi connectivity index (χ4v) is 3.34. The van der Waals surface area contributed by atoms with Crippen LogP contribution in [0.2, 0.25) is 0 Å². The third kappa shape index (κ3) is 3.81. The largest absolute Gasteiger partial charge is 0.497 e. The summed E-state index contributed by atoms with van der Waals surface area (Å²) in [5.41, 5.74) is 1.01. The molecule has 1 fully saturated rings. The lowest BCUT2D eigenvalue weighted by atomic mass is 9.78. The summed E-state index contributed by atoms with van der Waals surface area (Å²) in [5.74, 6) is -0.418. The van der Waals surface area contributed by atoms with Crippen LogP contribution in [0.15, 0.2) is 41.1 Å². The number of hydrogen-bond acceptors (Lipinski definition) is 5. The van der Waals surface area contributed by atoms with E-state index in [0.717, 1.165) is 37.0 Å². The molecule has 0 bridgehead atoms. The van der Waals surface area contributed by atoms with Crippen LogP contribution in [-0.2, 0) is 15.0 Å². The molecule has 7 nitrogen and oxygen atoms in total. The van der Waals surface area contributed by atoms with Crippen LogP contribution in [-0.4, -0.2) is 30.6 Å². The minimum atomic E-state index is -0.753. The van der Waals surface area contributed by atoms with Gasteiger partial charge in [-0.1, -0.05) is 30.1 Å². The van der Waals surface area contributed by atoms with E-state index in [9.17, 15) is 9.59 Å². The lowest BCUT2D eigenvalue weighted by molar-refractivity contribution is -0.136. The summed E-state index contributed by atoms with van der Waals surface area (Å²) in [6.45, 7) is 0.421. The first kappa shape index (κ1) is 17.0. The molecule has 2 N–H and O–H groups in total. The van der Waals surface area contributed by atoms with E-state index >= 15 is 0 Å². The van der Waals surface area contributed by atoms with E-state index in [1.54, 1.807) is 7.11 Å². The maximum Gasteiger partial charge on any atom is 0.314 e. The van der Waals surface area contributed by atoms with E-state index < -0.39 is 11.8 Å². The third-order valence-electron chi connectivity index (χ3n) is 4.74. The highest BCUT2D eigenvalue weighted by molar-refractivity contribution is 6.39. The van der Waals surface area contributed by atoms with Crippen molar-refractivity contribution >= 4 is 17.6 Å². The molecule has 2 aromatic rings. The van der Waals surface area contributed by atoms with Gasteiger partial charge in [-0.25, -0.2) is 0 Å². The molecule has 0 saturated heterocycles. The van der Waals surface area contributed by atoms with Gasteiger partial charge in [0.25, 0.3) is 0 Å². The van der Waals surface area contributed by atoms with Crippen LogP contribution in [0.25, 0.3) is 0 Å². The van der Waals surface area contributed by atoms with Crippen molar-refractivity contribution < 1.29 is 18.8 Å². The molecule has 0 unspecified atom stereocenters. The molecule has 0 spiro atoms. The van der Waals surface area contributed by atoms with Crippen molar-refractivity contribution in [2.75, 3.05) is 19.0 Å². The molecule has 1 aromatic carbocycles. The predicted octanol–water partition coefficient (Wildman–Crippen LogP) is 2.25. The molecule has 1 aliphatic carbocycles. The second-order valence-electron chi connectivity index (χ2n) is 6.24. The Kier molecular flexibility index (Phi) is 5.02. The van der Waals surface area contributed by atoms with E-state index in [-0.39, 0.29) is 11.2 Å². The molecule has 1 saturated carbocycles. The summed E-state index contributed by atoms with van der Waals surface area (Å²) in [5, 5.41) is 8.71. The number of aromatic nitrogens is 1. The normalized spacial score (nSPS) is 15.6. The van der Waals surface area contributed by atoms with Gasteiger partial charge in [0.05, 0.1) is 7.11 Å². The second kappa shape index (κ2) is 7.38. The number of amides is 2. The van der Waals surface area contributed by atoms with Gasteiger partial charge >= 0.3 is 11.8 Å². The Hall–Kier alpha value is -2.83. The van der Waals surface area contributed by atoms with Crippen molar-refractivity contribution in [2.24, 2.45) is 0 Å². The van der Waals surface area contributed by atoms with Crippen molar-refractivity contribution in [3.8, 4) is 5.75 Å². The molecule has 1 aliphatic rings. The zero-order valence-electron chi connectivity index (χ0n) is 14.1. The van der Waals surface area contributed by atoms with Crippen LogP contribution in [0.1, 0.15) is 31.2 Å². The Labute approximate surface area is 145 Å². The summed E-state index contributed by atoms with van der Waals surface area (Å²) >= 11 is 0. The SMILES string of the molecule is COc1ccc(C2(CNC(=O)C(=O)Nc3ccon3)CCCC2)cc1. The molecule has 0 atom stereocenters. The molecule has 2 amide bonds. The van der Waals surface area contributed by atoms with Gasteiger partial charge in [-0.2, -0.15) is 0 Å². The van der Waals surface area contributed by atoms with Gasteiger partial charge in [0.1, 0.15) is 12.0 Å². The van der Waals surface area contributed by atoms with Gasteiger partial charge in [-0.3, -0.25) is 14.9 Å². The Morgan fingerprint density at radius 2 is 1.88 bits per heavy atom. The van der Waals surface area contributed by atoms with Gasteiger partial charge in [0.15, 0.2) is 5.82 Å². The topological polar surface area (TPSA) is 93.5 Å². The first-order chi connectivity index (χ1) is 12.1. The van der Waals surface area contributed by atoms with E-state index in [2.05, 4.69) is 20.3 Å². The molecule has 7 heteroatoms. The molecule has 1 heterocycles.